The SMILES string of the molecule is CC(=O)c1ccc(F)cc1-c1ccc(OCc2ccccc2)cc1. The molecule has 3 aromatic carbocycles. The van der Waals surface area contributed by atoms with Gasteiger partial charge in [-0.2, -0.15) is 0 Å². The van der Waals surface area contributed by atoms with Crippen molar-refractivity contribution in [1.29, 1.82) is 0 Å². The summed E-state index contributed by atoms with van der Waals surface area (Å²) in [5.74, 6) is 0.275. The minimum absolute atomic E-state index is 0.0885. The van der Waals surface area contributed by atoms with Gasteiger partial charge >= 0.3 is 0 Å². The fraction of sp³-hybridized carbons (Fsp3) is 0.0952. The van der Waals surface area contributed by atoms with Crippen LogP contribution in [0.1, 0.15) is 22.8 Å². The third-order valence-corrected chi connectivity index (χ3v) is 3.77. The first kappa shape index (κ1) is 15.9. The number of benzene rings is 3. The quantitative estimate of drug-likeness (QED) is 0.598. The predicted octanol–water partition coefficient (Wildman–Crippen LogP) is 5.27. The second kappa shape index (κ2) is 7.09. The van der Waals surface area contributed by atoms with Crippen LogP contribution >= 0.6 is 0 Å². The summed E-state index contributed by atoms with van der Waals surface area (Å²) >= 11 is 0. The van der Waals surface area contributed by atoms with E-state index < -0.39 is 0 Å². The Labute approximate surface area is 140 Å². The predicted molar refractivity (Wildman–Crippen MR) is 92.6 cm³/mol. The topological polar surface area (TPSA) is 26.3 Å². The van der Waals surface area contributed by atoms with Crippen molar-refractivity contribution >= 4 is 5.78 Å². The molecule has 3 aromatic rings. The first-order valence-corrected chi connectivity index (χ1v) is 7.71. The van der Waals surface area contributed by atoms with Gasteiger partial charge in [0.05, 0.1) is 0 Å². The Morgan fingerprint density at radius 2 is 1.67 bits per heavy atom. The molecule has 0 radical (unpaired) electrons. The molecule has 3 rings (SSSR count). The van der Waals surface area contributed by atoms with Crippen LogP contribution in [0.2, 0.25) is 0 Å². The standard InChI is InChI=1S/C21H17FO2/c1-15(23)20-12-9-18(22)13-21(20)17-7-10-19(11-8-17)24-14-16-5-3-2-4-6-16/h2-13H,14H2,1H3. The molecule has 0 aromatic heterocycles. The smallest absolute Gasteiger partial charge is 0.160 e. The first-order valence-electron chi connectivity index (χ1n) is 7.71. The largest absolute Gasteiger partial charge is 0.489 e. The van der Waals surface area contributed by atoms with Crippen molar-refractivity contribution in [3.05, 3.63) is 89.7 Å². The van der Waals surface area contributed by atoms with Crippen LogP contribution in [0.25, 0.3) is 11.1 Å². The van der Waals surface area contributed by atoms with E-state index in [1.165, 1.54) is 25.1 Å². The van der Waals surface area contributed by atoms with Crippen molar-refractivity contribution in [2.45, 2.75) is 13.5 Å². The number of halogens is 1. The van der Waals surface area contributed by atoms with Gasteiger partial charge in [-0.15, -0.1) is 0 Å². The second-order valence-corrected chi connectivity index (χ2v) is 5.54. The van der Waals surface area contributed by atoms with Gasteiger partial charge < -0.3 is 4.74 Å². The van der Waals surface area contributed by atoms with E-state index >= 15 is 0 Å². The lowest BCUT2D eigenvalue weighted by molar-refractivity contribution is 0.101. The van der Waals surface area contributed by atoms with Crippen LogP contribution < -0.4 is 4.74 Å². The molecule has 24 heavy (non-hydrogen) atoms. The molecule has 0 fully saturated rings. The summed E-state index contributed by atoms with van der Waals surface area (Å²) in [4.78, 5) is 11.7. The molecule has 0 N–H and O–H groups in total. The van der Waals surface area contributed by atoms with E-state index in [-0.39, 0.29) is 11.6 Å². The molecule has 120 valence electrons. The second-order valence-electron chi connectivity index (χ2n) is 5.54. The maximum Gasteiger partial charge on any atom is 0.160 e. The maximum absolute atomic E-state index is 13.5. The van der Waals surface area contributed by atoms with Gasteiger partial charge in [-0.05, 0) is 53.9 Å². The zero-order chi connectivity index (χ0) is 16.9. The average molecular weight is 320 g/mol. The monoisotopic (exact) mass is 320 g/mol. The molecule has 0 unspecified atom stereocenters. The fourth-order valence-electron chi connectivity index (χ4n) is 2.53. The number of ether oxygens (including phenoxy) is 1. The van der Waals surface area contributed by atoms with Gasteiger partial charge in [-0.1, -0.05) is 42.5 Å². The lowest BCUT2D eigenvalue weighted by Crippen LogP contribution is -1.97. The van der Waals surface area contributed by atoms with Gasteiger partial charge in [0.2, 0.25) is 0 Å². The molecule has 0 aliphatic carbocycles. The van der Waals surface area contributed by atoms with Gasteiger partial charge in [0, 0.05) is 5.56 Å². The van der Waals surface area contributed by atoms with Crippen LogP contribution in [0.4, 0.5) is 4.39 Å². The van der Waals surface area contributed by atoms with Crippen molar-refractivity contribution in [3.63, 3.8) is 0 Å². The van der Waals surface area contributed by atoms with E-state index in [1.54, 1.807) is 0 Å². The van der Waals surface area contributed by atoms with E-state index in [0.29, 0.717) is 17.7 Å². The Kier molecular flexibility index (Phi) is 4.71. The van der Waals surface area contributed by atoms with Crippen LogP contribution in [0.3, 0.4) is 0 Å². The third-order valence-electron chi connectivity index (χ3n) is 3.77. The summed E-state index contributed by atoms with van der Waals surface area (Å²) in [7, 11) is 0. The molecule has 0 heterocycles. The lowest BCUT2D eigenvalue weighted by Gasteiger charge is -2.10. The molecular weight excluding hydrogens is 303 g/mol. The van der Waals surface area contributed by atoms with E-state index in [1.807, 2.05) is 54.6 Å². The highest BCUT2D eigenvalue weighted by molar-refractivity contribution is 6.00. The highest BCUT2D eigenvalue weighted by Gasteiger charge is 2.10. The molecule has 0 spiro atoms. The summed E-state index contributed by atoms with van der Waals surface area (Å²) < 4.78 is 19.3. The van der Waals surface area contributed by atoms with Crippen molar-refractivity contribution in [1.82, 2.24) is 0 Å². The third kappa shape index (κ3) is 3.69. The van der Waals surface area contributed by atoms with Crippen molar-refractivity contribution in [2.24, 2.45) is 0 Å². The van der Waals surface area contributed by atoms with E-state index in [0.717, 1.165) is 16.9 Å². The fourth-order valence-corrected chi connectivity index (χ4v) is 2.53. The summed E-state index contributed by atoms with van der Waals surface area (Å²) in [5.41, 5.74) is 2.98. The number of Topliss-reactive ketones (excluding diaryl/α,β-unsaturated/α-hetero) is 1. The highest BCUT2D eigenvalue weighted by Crippen LogP contribution is 2.27. The molecular formula is C21H17FO2. The number of carbonyl (C=O) groups excluding carboxylic acids is 1. The normalized spacial score (nSPS) is 10.4. The molecule has 0 atom stereocenters. The summed E-state index contributed by atoms with van der Waals surface area (Å²) in [5, 5.41) is 0. The summed E-state index contributed by atoms with van der Waals surface area (Å²) in [6, 6.07) is 21.4. The van der Waals surface area contributed by atoms with Crippen molar-refractivity contribution < 1.29 is 13.9 Å². The van der Waals surface area contributed by atoms with Crippen LogP contribution in [-0.2, 0) is 6.61 Å². The summed E-state index contributed by atoms with van der Waals surface area (Å²) in [6.07, 6.45) is 0. The van der Waals surface area contributed by atoms with Crippen molar-refractivity contribution in [3.8, 4) is 16.9 Å². The Balaban J connectivity index is 1.80. The van der Waals surface area contributed by atoms with E-state index in [2.05, 4.69) is 0 Å². The van der Waals surface area contributed by atoms with Crippen LogP contribution in [0.15, 0.2) is 72.8 Å². The molecule has 3 heteroatoms. The van der Waals surface area contributed by atoms with Crippen molar-refractivity contribution in [2.75, 3.05) is 0 Å². The molecule has 2 nitrogen and oxygen atoms in total. The Hall–Kier alpha value is -2.94. The Morgan fingerprint density at radius 3 is 2.33 bits per heavy atom. The Morgan fingerprint density at radius 1 is 0.958 bits per heavy atom. The zero-order valence-corrected chi connectivity index (χ0v) is 13.3. The molecule has 0 saturated carbocycles. The molecule has 0 amide bonds. The molecule has 0 saturated heterocycles. The Bertz CT molecular complexity index is 839. The highest BCUT2D eigenvalue weighted by atomic mass is 19.1. The van der Waals surface area contributed by atoms with Gasteiger partial charge in [0.15, 0.2) is 5.78 Å². The number of rotatable bonds is 5. The van der Waals surface area contributed by atoms with Gasteiger partial charge in [0.25, 0.3) is 0 Å². The minimum atomic E-state index is -0.362. The van der Waals surface area contributed by atoms with Crippen LogP contribution in [0.5, 0.6) is 5.75 Å². The number of hydrogen-bond acceptors (Lipinski definition) is 2. The minimum Gasteiger partial charge on any atom is -0.489 e. The number of hydrogen-bond donors (Lipinski definition) is 0. The van der Waals surface area contributed by atoms with E-state index in [4.69, 9.17) is 4.74 Å². The number of carbonyl (C=O) groups is 1. The molecule has 0 aliphatic rings. The van der Waals surface area contributed by atoms with E-state index in [9.17, 15) is 9.18 Å². The lowest BCUT2D eigenvalue weighted by atomic mass is 9.97. The first-order chi connectivity index (χ1) is 11.6. The summed E-state index contributed by atoms with van der Waals surface area (Å²) in [6.45, 7) is 1.97. The molecule has 0 bridgehead atoms. The number of ketones is 1. The van der Waals surface area contributed by atoms with Gasteiger partial charge in [-0.3, -0.25) is 4.79 Å². The van der Waals surface area contributed by atoms with Gasteiger partial charge in [0.1, 0.15) is 18.2 Å². The average Bonchev–Trinajstić information content (AvgIpc) is 2.61. The maximum atomic E-state index is 13.5. The van der Waals surface area contributed by atoms with Crippen LogP contribution in [0, 0.1) is 5.82 Å². The van der Waals surface area contributed by atoms with Crippen LogP contribution in [-0.4, -0.2) is 5.78 Å². The zero-order valence-electron chi connectivity index (χ0n) is 13.3. The van der Waals surface area contributed by atoms with Gasteiger partial charge in [-0.25, -0.2) is 4.39 Å². The molecule has 0 aliphatic heterocycles.